The van der Waals surface area contributed by atoms with Crippen LogP contribution in [0.5, 0.6) is 0 Å². The highest BCUT2D eigenvalue weighted by Gasteiger charge is 2.03. The molecule has 0 saturated heterocycles. The zero-order valence-corrected chi connectivity index (χ0v) is 8.08. The third-order valence-electron chi connectivity index (χ3n) is 1.20. The Morgan fingerprint density at radius 2 is 2.00 bits per heavy atom. The van der Waals surface area contributed by atoms with Crippen molar-refractivity contribution >= 4 is 23.4 Å². The average molecular weight is 200 g/mol. The van der Waals surface area contributed by atoms with E-state index in [-0.39, 0.29) is 0 Å². The highest BCUT2D eigenvalue weighted by molar-refractivity contribution is 7.99. The second-order valence-electron chi connectivity index (χ2n) is 2.66. The van der Waals surface area contributed by atoms with E-state index in [1.54, 1.807) is 6.92 Å². The number of aliphatic hydroxyl groups excluding tert-OH is 1. The van der Waals surface area contributed by atoms with E-state index < -0.39 is 6.10 Å². The second kappa shape index (κ2) is 4.29. The normalized spacial score (nSPS) is 12.8. The van der Waals surface area contributed by atoms with Gasteiger partial charge in [0.1, 0.15) is 11.6 Å². The lowest BCUT2D eigenvalue weighted by Crippen LogP contribution is -2.05. The van der Waals surface area contributed by atoms with Gasteiger partial charge in [0.05, 0.1) is 6.10 Å². The maximum Gasteiger partial charge on any atom is 0.191 e. The number of nitrogens with two attached hydrogens (primary N) is 2. The van der Waals surface area contributed by atoms with Gasteiger partial charge in [0.25, 0.3) is 0 Å². The van der Waals surface area contributed by atoms with Crippen molar-refractivity contribution in [1.82, 2.24) is 9.97 Å². The molecule has 0 bridgehead atoms. The van der Waals surface area contributed by atoms with Gasteiger partial charge in [-0.15, -0.1) is 0 Å². The molecule has 5 N–H and O–H groups in total. The molecule has 1 heterocycles. The number of hydrogen-bond acceptors (Lipinski definition) is 6. The van der Waals surface area contributed by atoms with Crippen LogP contribution in [0.15, 0.2) is 11.2 Å². The molecule has 0 unspecified atom stereocenters. The first-order valence-corrected chi connectivity index (χ1v) is 4.77. The Morgan fingerprint density at radius 1 is 1.46 bits per heavy atom. The monoisotopic (exact) mass is 200 g/mol. The first kappa shape index (κ1) is 10.1. The number of aromatic nitrogens is 2. The maximum absolute atomic E-state index is 9.01. The molecule has 0 amide bonds. The molecule has 0 aliphatic carbocycles. The van der Waals surface area contributed by atoms with E-state index in [9.17, 15) is 0 Å². The first-order valence-electron chi connectivity index (χ1n) is 3.79. The fourth-order valence-electron chi connectivity index (χ4n) is 0.722. The zero-order valence-electron chi connectivity index (χ0n) is 7.27. The van der Waals surface area contributed by atoms with Crippen molar-refractivity contribution in [3.05, 3.63) is 6.07 Å². The number of rotatable bonds is 3. The molecule has 0 saturated carbocycles. The Bertz CT molecular complexity index is 272. The highest BCUT2D eigenvalue weighted by atomic mass is 32.2. The lowest BCUT2D eigenvalue weighted by Gasteiger charge is -2.03. The molecule has 0 aromatic carbocycles. The number of nitrogen functional groups attached to an aromatic ring is 2. The topological polar surface area (TPSA) is 98.0 Å². The van der Waals surface area contributed by atoms with Crippen LogP contribution in [0.1, 0.15) is 6.92 Å². The van der Waals surface area contributed by atoms with Crippen LogP contribution in [0.3, 0.4) is 0 Å². The quantitative estimate of drug-likeness (QED) is 0.473. The molecule has 6 heteroatoms. The molecule has 5 nitrogen and oxygen atoms in total. The molecular formula is C7H12N4OS. The Labute approximate surface area is 80.6 Å². The van der Waals surface area contributed by atoms with E-state index in [4.69, 9.17) is 16.6 Å². The largest absolute Gasteiger partial charge is 0.393 e. The van der Waals surface area contributed by atoms with Crippen molar-refractivity contribution in [3.8, 4) is 0 Å². The minimum Gasteiger partial charge on any atom is -0.393 e. The van der Waals surface area contributed by atoms with Crippen molar-refractivity contribution in [2.75, 3.05) is 17.2 Å². The summed E-state index contributed by atoms with van der Waals surface area (Å²) >= 11 is 1.32. The van der Waals surface area contributed by atoms with Gasteiger partial charge >= 0.3 is 0 Å². The van der Waals surface area contributed by atoms with Gasteiger partial charge in [0.2, 0.25) is 0 Å². The Morgan fingerprint density at radius 3 is 2.46 bits per heavy atom. The van der Waals surface area contributed by atoms with Gasteiger partial charge in [-0.2, -0.15) is 0 Å². The first-order chi connectivity index (χ1) is 6.08. The second-order valence-corrected chi connectivity index (χ2v) is 3.65. The van der Waals surface area contributed by atoms with Crippen molar-refractivity contribution in [2.45, 2.75) is 18.2 Å². The number of aliphatic hydroxyl groups is 1. The third-order valence-corrected chi connectivity index (χ3v) is 2.29. The standard InChI is InChI=1S/C7H12N4OS/c1-4(12)3-13-7-10-5(8)2-6(9)11-7/h2,4,12H,3H2,1H3,(H4,8,9,10,11)/t4-/m0/s1. The summed E-state index contributed by atoms with van der Waals surface area (Å²) in [4.78, 5) is 7.89. The van der Waals surface area contributed by atoms with Gasteiger partial charge in [-0.1, -0.05) is 11.8 Å². The molecule has 0 aliphatic heterocycles. The fraction of sp³-hybridized carbons (Fsp3) is 0.429. The molecule has 72 valence electrons. The van der Waals surface area contributed by atoms with Crippen LogP contribution >= 0.6 is 11.8 Å². The summed E-state index contributed by atoms with van der Waals surface area (Å²) in [5.41, 5.74) is 10.9. The Kier molecular flexibility index (Phi) is 3.32. The van der Waals surface area contributed by atoms with Crippen LogP contribution in [0.4, 0.5) is 11.6 Å². The molecule has 0 radical (unpaired) electrons. The molecule has 1 rings (SSSR count). The highest BCUT2D eigenvalue weighted by Crippen LogP contribution is 2.16. The molecule has 1 atom stereocenters. The van der Waals surface area contributed by atoms with Gasteiger partial charge in [-0.05, 0) is 6.92 Å². The molecule has 0 aliphatic rings. The van der Waals surface area contributed by atoms with Crippen molar-refractivity contribution in [2.24, 2.45) is 0 Å². The molecule has 1 aromatic rings. The lowest BCUT2D eigenvalue weighted by atomic mass is 10.5. The van der Waals surface area contributed by atoms with Crippen LogP contribution in [0, 0.1) is 0 Å². The number of anilines is 2. The van der Waals surface area contributed by atoms with E-state index >= 15 is 0 Å². The van der Waals surface area contributed by atoms with Crippen molar-refractivity contribution in [1.29, 1.82) is 0 Å². The van der Waals surface area contributed by atoms with E-state index in [0.717, 1.165) is 0 Å². The minimum absolute atomic E-state index is 0.348. The molecule has 13 heavy (non-hydrogen) atoms. The average Bonchev–Trinajstić information content (AvgIpc) is 1.99. The summed E-state index contributed by atoms with van der Waals surface area (Å²) in [6.45, 7) is 1.70. The van der Waals surface area contributed by atoms with Crippen LogP contribution in [0.2, 0.25) is 0 Å². The molecule has 1 aromatic heterocycles. The smallest absolute Gasteiger partial charge is 0.191 e. The molecule has 0 fully saturated rings. The van der Waals surface area contributed by atoms with Gasteiger partial charge in [0.15, 0.2) is 5.16 Å². The minimum atomic E-state index is -0.392. The molecular weight excluding hydrogens is 188 g/mol. The van der Waals surface area contributed by atoms with E-state index in [2.05, 4.69) is 9.97 Å². The van der Waals surface area contributed by atoms with E-state index in [1.807, 2.05) is 0 Å². The summed E-state index contributed by atoms with van der Waals surface area (Å²) < 4.78 is 0. The van der Waals surface area contributed by atoms with Crippen LogP contribution in [-0.2, 0) is 0 Å². The maximum atomic E-state index is 9.01. The zero-order chi connectivity index (χ0) is 9.84. The number of nitrogens with zero attached hydrogens (tertiary/aromatic N) is 2. The SMILES string of the molecule is C[C@H](O)CSc1nc(N)cc(N)n1. The van der Waals surface area contributed by atoms with Crippen LogP contribution in [-0.4, -0.2) is 26.9 Å². The summed E-state index contributed by atoms with van der Waals surface area (Å²) in [5.74, 6) is 1.23. The predicted octanol–water partition coefficient (Wildman–Crippen LogP) is 0.114. The van der Waals surface area contributed by atoms with Gasteiger partial charge in [-0.25, -0.2) is 9.97 Å². The third kappa shape index (κ3) is 3.47. The van der Waals surface area contributed by atoms with Crippen molar-refractivity contribution < 1.29 is 5.11 Å². The van der Waals surface area contributed by atoms with E-state index in [1.165, 1.54) is 17.8 Å². The van der Waals surface area contributed by atoms with Gasteiger partial charge in [-0.3, -0.25) is 0 Å². The van der Waals surface area contributed by atoms with Gasteiger partial charge in [0, 0.05) is 11.8 Å². The summed E-state index contributed by atoms with van der Waals surface area (Å²) in [5, 5.41) is 9.51. The Hall–Kier alpha value is -1.01. The van der Waals surface area contributed by atoms with Crippen LogP contribution < -0.4 is 11.5 Å². The van der Waals surface area contributed by atoms with Crippen molar-refractivity contribution in [3.63, 3.8) is 0 Å². The summed E-state index contributed by atoms with van der Waals surface area (Å²) in [6, 6.07) is 1.49. The Balaban J connectivity index is 2.66. The summed E-state index contributed by atoms with van der Waals surface area (Å²) in [7, 11) is 0. The number of thioether (sulfide) groups is 1. The fourth-order valence-corrected chi connectivity index (χ4v) is 1.45. The van der Waals surface area contributed by atoms with E-state index in [0.29, 0.717) is 22.5 Å². The van der Waals surface area contributed by atoms with Gasteiger partial charge < -0.3 is 16.6 Å². The van der Waals surface area contributed by atoms with Crippen LogP contribution in [0.25, 0.3) is 0 Å². The predicted molar refractivity (Wildman–Crippen MR) is 53.3 cm³/mol. The summed E-state index contributed by atoms with van der Waals surface area (Å²) in [6.07, 6.45) is -0.392. The number of hydrogen-bond donors (Lipinski definition) is 3. The molecule has 0 spiro atoms. The lowest BCUT2D eigenvalue weighted by molar-refractivity contribution is 0.220.